The second-order valence-electron chi connectivity index (χ2n) is 5.20. The molecule has 0 bridgehead atoms. The first kappa shape index (κ1) is 13.5. The van der Waals surface area contributed by atoms with E-state index in [2.05, 4.69) is 4.57 Å². The molecule has 1 aromatic carbocycles. The highest BCUT2D eigenvalue weighted by Gasteiger charge is 2.27. The van der Waals surface area contributed by atoms with Crippen LogP contribution < -0.4 is 4.57 Å². The van der Waals surface area contributed by atoms with Gasteiger partial charge in [-0.15, -0.1) is 0 Å². The van der Waals surface area contributed by atoms with Crippen LogP contribution in [0.3, 0.4) is 0 Å². The van der Waals surface area contributed by atoms with Gasteiger partial charge in [-0.05, 0) is 18.6 Å². The van der Waals surface area contributed by atoms with Crippen molar-refractivity contribution in [2.24, 2.45) is 0 Å². The lowest BCUT2D eigenvalue weighted by Crippen LogP contribution is -2.33. The molecule has 1 aromatic heterocycles. The molecule has 0 spiro atoms. The summed E-state index contributed by atoms with van der Waals surface area (Å²) in [4.78, 5) is 25.2. The molecule has 1 fully saturated rings. The van der Waals surface area contributed by atoms with Crippen LogP contribution in [0.15, 0.2) is 54.9 Å². The zero-order valence-corrected chi connectivity index (χ0v) is 11.7. The standard InChI is InChI=1S/C17H17N2O2/c20-16-5-4-12-19(16)17(21)15-8-6-14(7-9-15)13-18-10-2-1-3-11-18/h1-3,6-11H,4-5,12-13H2/q+1. The van der Waals surface area contributed by atoms with Crippen molar-refractivity contribution in [3.8, 4) is 0 Å². The molecule has 2 amide bonds. The number of carbonyl (C=O) groups excluding carboxylic acids is 2. The van der Waals surface area contributed by atoms with E-state index in [9.17, 15) is 9.59 Å². The quantitative estimate of drug-likeness (QED) is 0.636. The van der Waals surface area contributed by atoms with Gasteiger partial charge in [-0.2, -0.15) is 0 Å². The van der Waals surface area contributed by atoms with Crippen molar-refractivity contribution < 1.29 is 14.2 Å². The number of nitrogens with zero attached hydrogens (tertiary/aromatic N) is 2. The van der Waals surface area contributed by atoms with Gasteiger partial charge in [0.15, 0.2) is 18.9 Å². The van der Waals surface area contributed by atoms with Crippen LogP contribution in [0.2, 0.25) is 0 Å². The Balaban J connectivity index is 1.72. The van der Waals surface area contributed by atoms with Gasteiger partial charge < -0.3 is 0 Å². The summed E-state index contributed by atoms with van der Waals surface area (Å²) >= 11 is 0. The van der Waals surface area contributed by atoms with Crippen LogP contribution in [0, 0.1) is 0 Å². The van der Waals surface area contributed by atoms with Crippen molar-refractivity contribution in [3.63, 3.8) is 0 Å². The summed E-state index contributed by atoms with van der Waals surface area (Å²) in [5, 5.41) is 0. The number of likely N-dealkylation sites (tertiary alicyclic amines) is 1. The monoisotopic (exact) mass is 281 g/mol. The number of amides is 2. The van der Waals surface area contributed by atoms with Gasteiger partial charge in [0.1, 0.15) is 0 Å². The predicted octanol–water partition coefficient (Wildman–Crippen LogP) is 1.79. The van der Waals surface area contributed by atoms with E-state index in [0.717, 1.165) is 18.5 Å². The van der Waals surface area contributed by atoms with Crippen LogP contribution in [-0.4, -0.2) is 23.3 Å². The molecule has 21 heavy (non-hydrogen) atoms. The molecule has 2 aromatic rings. The average molecular weight is 281 g/mol. The summed E-state index contributed by atoms with van der Waals surface area (Å²) in [6.45, 7) is 1.30. The largest absolute Gasteiger partial charge is 0.279 e. The average Bonchev–Trinajstić information content (AvgIpc) is 2.94. The smallest absolute Gasteiger partial charge is 0.260 e. The summed E-state index contributed by atoms with van der Waals surface area (Å²) in [7, 11) is 0. The normalized spacial score (nSPS) is 14.5. The van der Waals surface area contributed by atoms with Crippen molar-refractivity contribution in [1.29, 1.82) is 0 Å². The molecule has 0 atom stereocenters. The van der Waals surface area contributed by atoms with Gasteiger partial charge in [0.2, 0.25) is 5.91 Å². The van der Waals surface area contributed by atoms with E-state index in [-0.39, 0.29) is 11.8 Å². The summed E-state index contributed by atoms with van der Waals surface area (Å²) in [5.41, 5.74) is 1.70. The third-order valence-electron chi connectivity index (χ3n) is 3.66. The van der Waals surface area contributed by atoms with Crippen molar-refractivity contribution in [1.82, 2.24) is 4.90 Å². The number of aromatic nitrogens is 1. The molecule has 0 unspecified atom stereocenters. The van der Waals surface area contributed by atoms with Crippen LogP contribution in [0.1, 0.15) is 28.8 Å². The van der Waals surface area contributed by atoms with Crippen molar-refractivity contribution in [2.75, 3.05) is 6.54 Å². The van der Waals surface area contributed by atoms with Gasteiger partial charge in [0, 0.05) is 36.2 Å². The van der Waals surface area contributed by atoms with Crippen molar-refractivity contribution in [3.05, 3.63) is 66.0 Å². The van der Waals surface area contributed by atoms with Gasteiger partial charge in [-0.1, -0.05) is 18.2 Å². The maximum absolute atomic E-state index is 12.2. The molecule has 4 heteroatoms. The van der Waals surface area contributed by atoms with E-state index in [4.69, 9.17) is 0 Å². The minimum Gasteiger partial charge on any atom is -0.279 e. The van der Waals surface area contributed by atoms with Crippen LogP contribution in [0.4, 0.5) is 0 Å². The fourth-order valence-corrected chi connectivity index (χ4v) is 2.52. The SMILES string of the molecule is O=C1CCCN1C(=O)c1ccc(C[n+]2ccccc2)cc1. The minimum atomic E-state index is -0.184. The summed E-state index contributed by atoms with van der Waals surface area (Å²) in [5.74, 6) is -0.250. The molecule has 1 aliphatic heterocycles. The van der Waals surface area contributed by atoms with E-state index < -0.39 is 0 Å². The van der Waals surface area contributed by atoms with Crippen molar-refractivity contribution >= 4 is 11.8 Å². The van der Waals surface area contributed by atoms with Crippen LogP contribution >= 0.6 is 0 Å². The Morgan fingerprint density at radius 1 is 1.10 bits per heavy atom. The second-order valence-corrected chi connectivity index (χ2v) is 5.20. The molecule has 2 heterocycles. The first-order chi connectivity index (χ1) is 10.2. The highest BCUT2D eigenvalue weighted by atomic mass is 16.2. The first-order valence-electron chi connectivity index (χ1n) is 7.12. The van der Waals surface area contributed by atoms with E-state index in [1.807, 2.05) is 42.7 Å². The molecular formula is C17H17N2O2+. The number of carbonyl (C=O) groups is 2. The maximum Gasteiger partial charge on any atom is 0.260 e. The van der Waals surface area contributed by atoms with E-state index >= 15 is 0 Å². The lowest BCUT2D eigenvalue weighted by molar-refractivity contribution is -0.688. The third kappa shape index (κ3) is 2.99. The summed E-state index contributed by atoms with van der Waals surface area (Å²) in [6.07, 6.45) is 5.26. The van der Waals surface area contributed by atoms with E-state index in [1.54, 1.807) is 12.1 Å². The third-order valence-corrected chi connectivity index (χ3v) is 3.66. The number of hydrogen-bond acceptors (Lipinski definition) is 2. The molecular weight excluding hydrogens is 264 g/mol. The Morgan fingerprint density at radius 3 is 2.43 bits per heavy atom. The van der Waals surface area contributed by atoms with Gasteiger partial charge in [0.05, 0.1) is 0 Å². The first-order valence-corrected chi connectivity index (χ1v) is 7.12. The Hall–Kier alpha value is -2.49. The van der Waals surface area contributed by atoms with Gasteiger partial charge in [-0.25, -0.2) is 4.57 Å². The highest BCUT2D eigenvalue weighted by Crippen LogP contribution is 2.15. The van der Waals surface area contributed by atoms with E-state index in [1.165, 1.54) is 4.90 Å². The Labute approximate surface area is 123 Å². The fraction of sp³-hybridized carbons (Fsp3) is 0.235. The zero-order chi connectivity index (χ0) is 14.7. The molecule has 4 nitrogen and oxygen atoms in total. The highest BCUT2D eigenvalue weighted by molar-refractivity contribution is 6.05. The molecule has 0 saturated carbocycles. The summed E-state index contributed by atoms with van der Waals surface area (Å²) in [6, 6.07) is 13.4. The fourth-order valence-electron chi connectivity index (χ4n) is 2.52. The van der Waals surface area contributed by atoms with Gasteiger partial charge in [0.25, 0.3) is 5.91 Å². The number of benzene rings is 1. The molecule has 0 aliphatic carbocycles. The number of rotatable bonds is 3. The number of hydrogen-bond donors (Lipinski definition) is 0. The zero-order valence-electron chi connectivity index (χ0n) is 11.7. The molecule has 1 aliphatic rings. The minimum absolute atomic E-state index is 0.0658. The second kappa shape index (κ2) is 5.87. The van der Waals surface area contributed by atoms with E-state index in [0.29, 0.717) is 18.5 Å². The lowest BCUT2D eigenvalue weighted by Gasteiger charge is -2.13. The number of pyridine rings is 1. The predicted molar refractivity (Wildman–Crippen MR) is 77.5 cm³/mol. The lowest BCUT2D eigenvalue weighted by atomic mass is 10.1. The topological polar surface area (TPSA) is 41.3 Å². The molecule has 0 N–H and O–H groups in total. The Morgan fingerprint density at radius 2 is 1.81 bits per heavy atom. The van der Waals surface area contributed by atoms with Gasteiger partial charge in [-0.3, -0.25) is 14.5 Å². The molecule has 0 radical (unpaired) electrons. The Bertz CT molecular complexity index is 650. The van der Waals surface area contributed by atoms with Crippen LogP contribution in [0.5, 0.6) is 0 Å². The molecule has 3 rings (SSSR count). The number of imide groups is 1. The molecule has 106 valence electrons. The summed E-state index contributed by atoms with van der Waals surface area (Å²) < 4.78 is 2.07. The Kier molecular flexibility index (Phi) is 3.77. The van der Waals surface area contributed by atoms with Gasteiger partial charge >= 0.3 is 0 Å². The van der Waals surface area contributed by atoms with Crippen molar-refractivity contribution in [2.45, 2.75) is 19.4 Å². The molecule has 1 saturated heterocycles. The van der Waals surface area contributed by atoms with Crippen LogP contribution in [-0.2, 0) is 11.3 Å². The van der Waals surface area contributed by atoms with Crippen LogP contribution in [0.25, 0.3) is 0 Å². The maximum atomic E-state index is 12.2.